The first kappa shape index (κ1) is 15.7. The second-order valence-corrected chi connectivity index (χ2v) is 5.32. The Balaban J connectivity index is 1.58. The second kappa shape index (κ2) is 6.91. The fourth-order valence-corrected chi connectivity index (χ4v) is 2.36. The van der Waals surface area contributed by atoms with E-state index in [1.807, 2.05) is 41.8 Å². The summed E-state index contributed by atoms with van der Waals surface area (Å²) in [7, 11) is 0. The van der Waals surface area contributed by atoms with Crippen LogP contribution in [-0.4, -0.2) is 33.0 Å². The van der Waals surface area contributed by atoms with E-state index in [-0.39, 0.29) is 24.4 Å². The zero-order chi connectivity index (χ0) is 16.9. The molecule has 1 aromatic carbocycles. The van der Waals surface area contributed by atoms with E-state index in [1.54, 1.807) is 24.3 Å². The fraction of sp³-hybridized carbons (Fsp3) is 0.176. The molecule has 0 bridgehead atoms. The van der Waals surface area contributed by atoms with Crippen molar-refractivity contribution >= 4 is 17.5 Å². The number of amides is 2. The van der Waals surface area contributed by atoms with Gasteiger partial charge >= 0.3 is 0 Å². The van der Waals surface area contributed by atoms with Gasteiger partial charge in [-0.15, -0.1) is 10.2 Å². The lowest BCUT2D eigenvalue weighted by atomic mass is 10.2. The molecule has 0 radical (unpaired) electrons. The molecule has 122 valence electrons. The van der Waals surface area contributed by atoms with Crippen molar-refractivity contribution in [2.45, 2.75) is 13.0 Å². The number of fused-ring (bicyclic) bond motifs is 1. The summed E-state index contributed by atoms with van der Waals surface area (Å²) in [4.78, 5) is 24.0. The van der Waals surface area contributed by atoms with Crippen LogP contribution in [0.5, 0.6) is 0 Å². The molecule has 0 saturated heterocycles. The highest BCUT2D eigenvalue weighted by Crippen LogP contribution is 2.11. The van der Waals surface area contributed by atoms with Crippen molar-refractivity contribution < 1.29 is 9.59 Å². The highest BCUT2D eigenvalue weighted by Gasteiger charge is 2.16. The molecule has 0 spiro atoms. The zero-order valence-electron chi connectivity index (χ0n) is 13.1. The summed E-state index contributed by atoms with van der Waals surface area (Å²) in [5, 5.41) is 13.6. The summed E-state index contributed by atoms with van der Waals surface area (Å²) >= 11 is 0. The third-order valence-corrected chi connectivity index (χ3v) is 3.55. The van der Waals surface area contributed by atoms with E-state index >= 15 is 0 Å². The van der Waals surface area contributed by atoms with Gasteiger partial charge in [-0.2, -0.15) is 0 Å². The molecular weight excluding hydrogens is 306 g/mol. The molecule has 24 heavy (non-hydrogen) atoms. The lowest BCUT2D eigenvalue weighted by Crippen LogP contribution is -2.38. The van der Waals surface area contributed by atoms with Crippen LogP contribution in [0.3, 0.4) is 0 Å². The van der Waals surface area contributed by atoms with Gasteiger partial charge in [-0.3, -0.25) is 14.0 Å². The van der Waals surface area contributed by atoms with E-state index in [1.165, 1.54) is 0 Å². The van der Waals surface area contributed by atoms with E-state index in [0.717, 1.165) is 0 Å². The van der Waals surface area contributed by atoms with Crippen molar-refractivity contribution in [2.24, 2.45) is 0 Å². The predicted molar refractivity (Wildman–Crippen MR) is 88.3 cm³/mol. The van der Waals surface area contributed by atoms with Crippen molar-refractivity contribution in [2.75, 3.05) is 6.54 Å². The Morgan fingerprint density at radius 1 is 1.08 bits per heavy atom. The van der Waals surface area contributed by atoms with Crippen LogP contribution < -0.4 is 10.6 Å². The van der Waals surface area contributed by atoms with Crippen LogP contribution in [0.2, 0.25) is 0 Å². The largest absolute Gasteiger partial charge is 0.345 e. The monoisotopic (exact) mass is 323 g/mol. The van der Waals surface area contributed by atoms with E-state index in [0.29, 0.717) is 17.0 Å². The van der Waals surface area contributed by atoms with Crippen LogP contribution >= 0.6 is 0 Å². The van der Waals surface area contributed by atoms with Crippen LogP contribution in [0.4, 0.5) is 0 Å². The van der Waals surface area contributed by atoms with Crippen molar-refractivity contribution in [1.82, 2.24) is 25.2 Å². The summed E-state index contributed by atoms with van der Waals surface area (Å²) in [6.45, 7) is 1.72. The molecule has 2 aromatic heterocycles. The average Bonchev–Trinajstić information content (AvgIpc) is 3.04. The lowest BCUT2D eigenvalue weighted by molar-refractivity contribution is -0.120. The SMILES string of the molecule is C[C@H](NC(=O)CNC(=O)c1ccccc1)c1nnc2ccccn12. The molecule has 0 unspecified atom stereocenters. The quantitative estimate of drug-likeness (QED) is 0.741. The number of carbonyl (C=O) groups excluding carboxylic acids is 2. The minimum Gasteiger partial charge on any atom is -0.345 e. The first-order valence-electron chi connectivity index (χ1n) is 7.57. The summed E-state index contributed by atoms with van der Waals surface area (Å²) < 4.78 is 1.81. The third kappa shape index (κ3) is 3.40. The number of hydrogen-bond donors (Lipinski definition) is 2. The first-order chi connectivity index (χ1) is 11.6. The molecule has 3 rings (SSSR count). The van der Waals surface area contributed by atoms with Gasteiger partial charge in [-0.05, 0) is 31.2 Å². The summed E-state index contributed by atoms with van der Waals surface area (Å²) in [5.74, 6) is 0.0547. The number of nitrogens with zero attached hydrogens (tertiary/aromatic N) is 3. The topological polar surface area (TPSA) is 88.4 Å². The number of nitrogens with one attached hydrogen (secondary N) is 2. The van der Waals surface area contributed by atoms with E-state index in [2.05, 4.69) is 20.8 Å². The number of carbonyl (C=O) groups is 2. The lowest BCUT2D eigenvalue weighted by Gasteiger charge is -2.13. The number of pyridine rings is 1. The van der Waals surface area contributed by atoms with Gasteiger partial charge in [0.1, 0.15) is 0 Å². The highest BCUT2D eigenvalue weighted by atomic mass is 16.2. The second-order valence-electron chi connectivity index (χ2n) is 5.32. The minimum atomic E-state index is -0.330. The van der Waals surface area contributed by atoms with Crippen molar-refractivity contribution in [1.29, 1.82) is 0 Å². The highest BCUT2D eigenvalue weighted by molar-refractivity contribution is 5.96. The van der Waals surface area contributed by atoms with Gasteiger partial charge < -0.3 is 10.6 Å². The molecule has 0 saturated carbocycles. The van der Waals surface area contributed by atoms with E-state index in [4.69, 9.17) is 0 Å². The van der Waals surface area contributed by atoms with Gasteiger partial charge in [0.2, 0.25) is 5.91 Å². The van der Waals surface area contributed by atoms with Gasteiger partial charge in [0, 0.05) is 11.8 Å². The van der Waals surface area contributed by atoms with Crippen molar-refractivity contribution in [3.8, 4) is 0 Å². The Morgan fingerprint density at radius 2 is 1.83 bits per heavy atom. The maximum Gasteiger partial charge on any atom is 0.251 e. The van der Waals surface area contributed by atoms with Crippen LogP contribution in [0.25, 0.3) is 5.65 Å². The molecule has 3 aromatic rings. The molecule has 2 N–H and O–H groups in total. The van der Waals surface area contributed by atoms with E-state index < -0.39 is 0 Å². The first-order valence-corrected chi connectivity index (χ1v) is 7.57. The van der Waals surface area contributed by atoms with Gasteiger partial charge in [-0.25, -0.2) is 0 Å². The van der Waals surface area contributed by atoms with Gasteiger partial charge in [0.25, 0.3) is 5.91 Å². The van der Waals surface area contributed by atoms with Gasteiger partial charge in [0.15, 0.2) is 11.5 Å². The molecule has 2 amide bonds. The smallest absolute Gasteiger partial charge is 0.251 e. The average molecular weight is 323 g/mol. The fourth-order valence-electron chi connectivity index (χ4n) is 2.36. The van der Waals surface area contributed by atoms with Gasteiger partial charge in [0.05, 0.1) is 12.6 Å². The Labute approximate surface area is 138 Å². The molecule has 1 atom stereocenters. The molecule has 2 heterocycles. The minimum absolute atomic E-state index is 0.102. The van der Waals surface area contributed by atoms with Crippen molar-refractivity contribution in [3.05, 3.63) is 66.1 Å². The number of aromatic nitrogens is 3. The summed E-state index contributed by atoms with van der Waals surface area (Å²) in [5.41, 5.74) is 1.23. The van der Waals surface area contributed by atoms with Crippen LogP contribution in [0.1, 0.15) is 29.1 Å². The Bertz CT molecular complexity index is 860. The Kier molecular flexibility index (Phi) is 4.51. The normalized spacial score (nSPS) is 11.9. The van der Waals surface area contributed by atoms with Crippen LogP contribution in [0, 0.1) is 0 Å². The number of benzene rings is 1. The van der Waals surface area contributed by atoms with Crippen LogP contribution in [-0.2, 0) is 4.79 Å². The molecule has 7 nitrogen and oxygen atoms in total. The number of rotatable bonds is 5. The predicted octanol–water partition coefficient (Wildman–Crippen LogP) is 1.34. The maximum atomic E-state index is 12.0. The van der Waals surface area contributed by atoms with Crippen LogP contribution in [0.15, 0.2) is 54.7 Å². The molecular formula is C17H17N5O2. The molecule has 7 heteroatoms. The van der Waals surface area contributed by atoms with E-state index in [9.17, 15) is 9.59 Å². The standard InChI is InChI=1S/C17H17N5O2/c1-12(16-21-20-14-9-5-6-10-22(14)16)19-15(23)11-18-17(24)13-7-3-2-4-8-13/h2-10,12H,11H2,1H3,(H,18,24)(H,19,23)/t12-/m0/s1. The van der Waals surface area contributed by atoms with Crippen molar-refractivity contribution in [3.63, 3.8) is 0 Å². The summed E-state index contributed by atoms with van der Waals surface area (Å²) in [6, 6.07) is 14.0. The maximum absolute atomic E-state index is 12.0. The Hall–Kier alpha value is -3.22. The molecule has 0 aliphatic heterocycles. The third-order valence-electron chi connectivity index (χ3n) is 3.55. The molecule has 0 aliphatic carbocycles. The number of hydrogen-bond acceptors (Lipinski definition) is 4. The molecule has 0 aliphatic rings. The van der Waals surface area contributed by atoms with Gasteiger partial charge in [-0.1, -0.05) is 24.3 Å². The summed E-state index contributed by atoms with van der Waals surface area (Å²) in [6.07, 6.45) is 1.84. The zero-order valence-corrected chi connectivity index (χ0v) is 13.1. The molecule has 0 fully saturated rings. The Morgan fingerprint density at radius 3 is 2.62 bits per heavy atom.